The molecule has 0 aliphatic rings. The van der Waals surface area contributed by atoms with Crippen molar-refractivity contribution in [2.24, 2.45) is 0 Å². The van der Waals surface area contributed by atoms with Crippen molar-refractivity contribution in [1.29, 1.82) is 0 Å². The Hall–Kier alpha value is -5.70. The molecule has 9 heteroatoms. The molecule has 0 aliphatic heterocycles. The number of anilines is 1. The summed E-state index contributed by atoms with van der Waals surface area (Å²) in [6, 6.07) is 21.3. The van der Waals surface area contributed by atoms with Crippen LogP contribution in [0.15, 0.2) is 104 Å². The second-order valence-electron chi connectivity index (χ2n) is 9.41. The summed E-state index contributed by atoms with van der Waals surface area (Å²) >= 11 is 0. The fourth-order valence-corrected chi connectivity index (χ4v) is 4.81. The molecule has 0 atom stereocenters. The minimum atomic E-state index is -0.107. The highest BCUT2D eigenvalue weighted by molar-refractivity contribution is 6.00. The van der Waals surface area contributed by atoms with Crippen molar-refractivity contribution in [2.45, 2.75) is 6.42 Å². The van der Waals surface area contributed by atoms with Crippen LogP contribution in [0.3, 0.4) is 0 Å². The zero-order valence-electron chi connectivity index (χ0n) is 21.2. The Morgan fingerprint density at radius 1 is 0.800 bits per heavy atom. The minimum Gasteiger partial charge on any atom is -0.352 e. The third kappa shape index (κ3) is 4.45. The number of pyridine rings is 4. The molecule has 9 nitrogen and oxygen atoms in total. The topological polar surface area (TPSA) is 125 Å². The van der Waals surface area contributed by atoms with E-state index in [-0.39, 0.29) is 12.3 Å². The molecule has 0 radical (unpaired) electrons. The lowest BCUT2D eigenvalue weighted by Crippen LogP contribution is -2.14. The summed E-state index contributed by atoms with van der Waals surface area (Å²) in [5.74, 6) is -0.107. The summed E-state index contributed by atoms with van der Waals surface area (Å²) in [6.07, 6.45) is 10.9. The third-order valence-electron chi connectivity index (χ3n) is 6.71. The number of rotatable bonds is 6. The lowest BCUT2D eigenvalue weighted by molar-refractivity contribution is -0.115. The van der Waals surface area contributed by atoms with Gasteiger partial charge in [0.15, 0.2) is 0 Å². The Bertz CT molecular complexity index is 1980. The molecule has 192 valence electrons. The van der Waals surface area contributed by atoms with Gasteiger partial charge in [0.1, 0.15) is 11.2 Å². The quantitative estimate of drug-likeness (QED) is 0.253. The molecule has 0 unspecified atom stereocenters. The SMILES string of the molecule is O=C(Cc1ccccc1)Nc1cncc(-c2ccc3[nH]nc(-c4cc5c(-c6cccnc6)cncc5[nH]4)c3n2)c1. The summed E-state index contributed by atoms with van der Waals surface area (Å²) in [6.45, 7) is 0. The molecule has 1 amide bonds. The van der Waals surface area contributed by atoms with Crippen LogP contribution in [-0.2, 0) is 11.2 Å². The van der Waals surface area contributed by atoms with Crippen LogP contribution in [0.4, 0.5) is 5.69 Å². The fourth-order valence-electron chi connectivity index (χ4n) is 4.81. The van der Waals surface area contributed by atoms with E-state index in [4.69, 9.17) is 4.98 Å². The Labute approximate surface area is 228 Å². The van der Waals surface area contributed by atoms with E-state index < -0.39 is 0 Å². The predicted molar refractivity (Wildman–Crippen MR) is 154 cm³/mol. The minimum absolute atomic E-state index is 0.107. The van der Waals surface area contributed by atoms with E-state index in [9.17, 15) is 4.79 Å². The Morgan fingerprint density at radius 3 is 2.55 bits per heavy atom. The van der Waals surface area contributed by atoms with Gasteiger partial charge in [-0.15, -0.1) is 0 Å². The fraction of sp³-hybridized carbons (Fsp3) is 0.0323. The lowest BCUT2D eigenvalue weighted by atomic mass is 10.1. The van der Waals surface area contributed by atoms with Gasteiger partial charge in [0.2, 0.25) is 5.91 Å². The van der Waals surface area contributed by atoms with Crippen LogP contribution in [0.2, 0.25) is 0 Å². The summed E-state index contributed by atoms with van der Waals surface area (Å²) in [5.41, 5.74) is 8.98. The maximum Gasteiger partial charge on any atom is 0.228 e. The van der Waals surface area contributed by atoms with Crippen molar-refractivity contribution < 1.29 is 4.79 Å². The van der Waals surface area contributed by atoms with E-state index in [1.807, 2.05) is 73.1 Å². The first-order chi connectivity index (χ1) is 19.7. The third-order valence-corrected chi connectivity index (χ3v) is 6.71. The number of aromatic amines is 2. The molecule has 0 saturated heterocycles. The van der Waals surface area contributed by atoms with Gasteiger partial charge < -0.3 is 10.3 Å². The predicted octanol–water partition coefficient (Wildman–Crippen LogP) is 5.81. The van der Waals surface area contributed by atoms with E-state index in [0.717, 1.165) is 55.6 Å². The number of nitrogens with zero attached hydrogens (tertiary/aromatic N) is 5. The van der Waals surface area contributed by atoms with E-state index in [0.29, 0.717) is 11.4 Å². The van der Waals surface area contributed by atoms with Gasteiger partial charge in [0.05, 0.1) is 46.9 Å². The molecule has 7 rings (SSSR count). The standard InChI is InChI=1S/C31H22N8O/c40-29(11-19-5-2-1-3-6-19)35-22-12-21(15-33-16-22)25-8-9-26-30(37-25)31(39-38-26)27-13-23-24(17-34-18-28(23)36-27)20-7-4-10-32-14-20/h1-10,12-18,36H,11H2,(H,35,40)(H,38,39). The Morgan fingerprint density at radius 2 is 1.68 bits per heavy atom. The molecule has 40 heavy (non-hydrogen) atoms. The van der Waals surface area contributed by atoms with Gasteiger partial charge in [0.25, 0.3) is 0 Å². The van der Waals surface area contributed by atoms with Gasteiger partial charge in [-0.25, -0.2) is 4.98 Å². The molecule has 1 aromatic carbocycles. The molecule has 7 aromatic rings. The molecule has 0 saturated carbocycles. The number of aromatic nitrogens is 7. The highest BCUT2D eigenvalue weighted by Crippen LogP contribution is 2.33. The number of carbonyl (C=O) groups is 1. The average Bonchev–Trinajstić information content (AvgIpc) is 3.62. The summed E-state index contributed by atoms with van der Waals surface area (Å²) in [5, 5.41) is 11.6. The zero-order valence-corrected chi connectivity index (χ0v) is 21.2. The molecular weight excluding hydrogens is 500 g/mol. The molecule has 6 heterocycles. The number of nitrogens with one attached hydrogen (secondary N) is 3. The molecule has 6 aromatic heterocycles. The van der Waals surface area contributed by atoms with Crippen molar-refractivity contribution >= 4 is 33.5 Å². The number of carbonyl (C=O) groups excluding carboxylic acids is 1. The van der Waals surface area contributed by atoms with Crippen molar-refractivity contribution in [2.75, 3.05) is 5.32 Å². The Balaban J connectivity index is 1.21. The van der Waals surface area contributed by atoms with Crippen LogP contribution in [0, 0.1) is 0 Å². The number of H-pyrrole nitrogens is 2. The first-order valence-corrected chi connectivity index (χ1v) is 12.7. The highest BCUT2D eigenvalue weighted by atomic mass is 16.1. The van der Waals surface area contributed by atoms with Crippen molar-refractivity contribution in [3.8, 4) is 33.8 Å². The van der Waals surface area contributed by atoms with Crippen molar-refractivity contribution in [3.05, 3.63) is 109 Å². The first-order valence-electron chi connectivity index (χ1n) is 12.7. The van der Waals surface area contributed by atoms with Gasteiger partial charge >= 0.3 is 0 Å². The second-order valence-corrected chi connectivity index (χ2v) is 9.41. The molecule has 0 fully saturated rings. The number of amides is 1. The lowest BCUT2D eigenvalue weighted by Gasteiger charge is -2.07. The average molecular weight is 523 g/mol. The Kier molecular flexibility index (Phi) is 5.78. The monoisotopic (exact) mass is 522 g/mol. The summed E-state index contributed by atoms with van der Waals surface area (Å²) in [7, 11) is 0. The van der Waals surface area contributed by atoms with E-state index in [1.54, 1.807) is 24.8 Å². The van der Waals surface area contributed by atoms with Crippen LogP contribution in [-0.4, -0.2) is 41.0 Å². The molecule has 0 spiro atoms. The van der Waals surface area contributed by atoms with Gasteiger partial charge in [-0.1, -0.05) is 36.4 Å². The van der Waals surface area contributed by atoms with Gasteiger partial charge in [-0.3, -0.25) is 24.8 Å². The largest absolute Gasteiger partial charge is 0.352 e. The van der Waals surface area contributed by atoms with E-state index >= 15 is 0 Å². The van der Waals surface area contributed by atoms with Gasteiger partial charge in [-0.2, -0.15) is 5.10 Å². The van der Waals surface area contributed by atoms with Crippen LogP contribution in [0.1, 0.15) is 5.56 Å². The molecule has 0 aliphatic carbocycles. The van der Waals surface area contributed by atoms with Crippen LogP contribution >= 0.6 is 0 Å². The number of hydrogen-bond acceptors (Lipinski definition) is 6. The maximum absolute atomic E-state index is 12.6. The van der Waals surface area contributed by atoms with Crippen LogP contribution in [0.5, 0.6) is 0 Å². The van der Waals surface area contributed by atoms with E-state index in [2.05, 4.69) is 41.5 Å². The molecule has 3 N–H and O–H groups in total. The van der Waals surface area contributed by atoms with Gasteiger partial charge in [-0.05, 0) is 35.9 Å². The normalized spacial score (nSPS) is 11.2. The smallest absolute Gasteiger partial charge is 0.228 e. The van der Waals surface area contributed by atoms with E-state index in [1.165, 1.54) is 0 Å². The summed E-state index contributed by atoms with van der Waals surface area (Å²) in [4.78, 5) is 34.0. The first kappa shape index (κ1) is 23.4. The second kappa shape index (κ2) is 9.88. The maximum atomic E-state index is 12.6. The van der Waals surface area contributed by atoms with Gasteiger partial charge in [0, 0.05) is 46.9 Å². The highest BCUT2D eigenvalue weighted by Gasteiger charge is 2.16. The molecule has 0 bridgehead atoms. The van der Waals surface area contributed by atoms with Crippen molar-refractivity contribution in [1.82, 2.24) is 35.1 Å². The number of benzene rings is 1. The van der Waals surface area contributed by atoms with Crippen LogP contribution < -0.4 is 5.32 Å². The number of fused-ring (bicyclic) bond motifs is 2. The molecular formula is C31H22N8O. The summed E-state index contributed by atoms with van der Waals surface area (Å²) < 4.78 is 0. The van der Waals surface area contributed by atoms with Crippen molar-refractivity contribution in [3.63, 3.8) is 0 Å². The number of hydrogen-bond donors (Lipinski definition) is 3. The van der Waals surface area contributed by atoms with Crippen LogP contribution in [0.25, 0.3) is 55.7 Å². The zero-order chi connectivity index (χ0) is 26.9.